The van der Waals surface area contributed by atoms with Crippen molar-refractivity contribution in [2.24, 2.45) is 5.73 Å². The molecule has 0 aromatic heterocycles. The molecule has 19 heavy (non-hydrogen) atoms. The number of rotatable bonds is 6. The van der Waals surface area contributed by atoms with Crippen LogP contribution in [0.25, 0.3) is 0 Å². The summed E-state index contributed by atoms with van der Waals surface area (Å²) in [7, 11) is -4.86. The highest BCUT2D eigenvalue weighted by atomic mass is 32.2. The van der Waals surface area contributed by atoms with E-state index in [2.05, 4.69) is 4.52 Å². The van der Waals surface area contributed by atoms with Gasteiger partial charge in [0.15, 0.2) is 6.29 Å². The number of nitrogens with two attached hydrogens (primary N) is 1. The van der Waals surface area contributed by atoms with Gasteiger partial charge < -0.3 is 25.7 Å². The summed E-state index contributed by atoms with van der Waals surface area (Å²) < 4.78 is 14.6. The normalized spacial score (nSPS) is 16.9. The van der Waals surface area contributed by atoms with Gasteiger partial charge in [0.1, 0.15) is 0 Å². The third-order valence-electron chi connectivity index (χ3n) is 2.40. The van der Waals surface area contributed by atoms with Gasteiger partial charge in [-0.05, 0) is 24.0 Å². The van der Waals surface area contributed by atoms with Crippen molar-refractivity contribution < 1.29 is 29.1 Å². The second kappa shape index (κ2) is 6.83. The van der Waals surface area contributed by atoms with Crippen LogP contribution < -0.4 is 5.73 Å². The van der Waals surface area contributed by atoms with E-state index in [0.717, 1.165) is 4.90 Å². The van der Waals surface area contributed by atoms with Gasteiger partial charge in [-0.3, -0.25) is 4.52 Å². The molecule has 0 aliphatic heterocycles. The van der Waals surface area contributed by atoms with Crippen LogP contribution in [0.5, 0.6) is 0 Å². The lowest BCUT2D eigenvalue weighted by atomic mass is 10.0. The Morgan fingerprint density at radius 3 is 2.21 bits per heavy atom. The molecule has 3 atom stereocenters. The summed E-state index contributed by atoms with van der Waals surface area (Å²) in [6.45, 7) is 0. The minimum atomic E-state index is -4.86. The van der Waals surface area contributed by atoms with Crippen LogP contribution in [0, 0.1) is 0 Å². The quantitative estimate of drug-likeness (QED) is 0.286. The molecule has 0 bridgehead atoms. The molecule has 0 radical (unpaired) electrons. The van der Waals surface area contributed by atoms with E-state index in [1.807, 2.05) is 6.26 Å². The first-order chi connectivity index (χ1) is 8.74. The molecule has 1 aromatic carbocycles. The Labute approximate surface area is 114 Å². The van der Waals surface area contributed by atoms with E-state index in [1.165, 1.54) is 11.8 Å². The molecular weight excluding hydrogens is 293 g/mol. The molecule has 0 saturated heterocycles. The number of phosphoric acid groups is 1. The molecule has 0 amide bonds. The summed E-state index contributed by atoms with van der Waals surface area (Å²) in [6, 6.07) is 5.35. The highest BCUT2D eigenvalue weighted by Crippen LogP contribution is 2.38. The molecule has 7 nitrogen and oxygen atoms in total. The second-order valence-electron chi connectivity index (χ2n) is 3.78. The van der Waals surface area contributed by atoms with Gasteiger partial charge in [-0.25, -0.2) is 4.57 Å². The lowest BCUT2D eigenvalue weighted by Gasteiger charge is -2.24. The molecule has 0 heterocycles. The lowest BCUT2D eigenvalue weighted by molar-refractivity contribution is -0.0808. The van der Waals surface area contributed by atoms with Crippen LogP contribution in [0.1, 0.15) is 11.7 Å². The van der Waals surface area contributed by atoms with Gasteiger partial charge in [0.2, 0.25) is 0 Å². The Kier molecular flexibility index (Phi) is 5.97. The maximum atomic E-state index is 10.6. The molecule has 1 aromatic rings. The third kappa shape index (κ3) is 5.21. The van der Waals surface area contributed by atoms with Crippen molar-refractivity contribution in [3.63, 3.8) is 0 Å². The predicted molar refractivity (Wildman–Crippen MR) is 70.3 cm³/mol. The standard InChI is InChI=1S/C10H16NO6PS/c1-19-7-4-2-6(3-5-7)9(12)8(11)10(13)17-18(14,15)16/h2-5,8-10,12-13H,11H2,1H3,(H2,14,15,16)/t8-,9-,10?/m0/s1. The first-order valence-corrected chi connectivity index (χ1v) is 7.99. The van der Waals surface area contributed by atoms with Crippen LogP contribution in [0.3, 0.4) is 0 Å². The number of aliphatic hydroxyl groups excluding tert-OH is 2. The monoisotopic (exact) mass is 309 g/mol. The van der Waals surface area contributed by atoms with Crippen molar-refractivity contribution in [3.05, 3.63) is 29.8 Å². The van der Waals surface area contributed by atoms with Gasteiger partial charge in [0, 0.05) is 4.90 Å². The molecular formula is C10H16NO6PS. The largest absolute Gasteiger partial charge is 0.471 e. The van der Waals surface area contributed by atoms with Crippen molar-refractivity contribution in [3.8, 4) is 0 Å². The van der Waals surface area contributed by atoms with Crippen LogP contribution in [0.4, 0.5) is 0 Å². The predicted octanol–water partition coefficient (Wildman–Crippen LogP) is 0.197. The van der Waals surface area contributed by atoms with Crippen LogP contribution in [0.15, 0.2) is 29.2 Å². The summed E-state index contributed by atoms with van der Waals surface area (Å²) in [5.41, 5.74) is 5.91. The molecule has 108 valence electrons. The summed E-state index contributed by atoms with van der Waals surface area (Å²) in [5, 5.41) is 19.3. The van der Waals surface area contributed by atoms with Crippen molar-refractivity contribution in [1.29, 1.82) is 0 Å². The molecule has 0 aliphatic rings. The van der Waals surface area contributed by atoms with Gasteiger partial charge in [-0.15, -0.1) is 11.8 Å². The van der Waals surface area contributed by atoms with Crippen LogP contribution in [-0.4, -0.2) is 38.6 Å². The van der Waals surface area contributed by atoms with E-state index in [1.54, 1.807) is 24.3 Å². The Morgan fingerprint density at radius 2 is 1.79 bits per heavy atom. The van der Waals surface area contributed by atoms with E-state index in [9.17, 15) is 14.8 Å². The molecule has 9 heteroatoms. The first-order valence-electron chi connectivity index (χ1n) is 5.24. The Bertz CT molecular complexity index is 450. The molecule has 6 N–H and O–H groups in total. The Hall–Kier alpha value is -0.440. The molecule has 1 rings (SSSR count). The van der Waals surface area contributed by atoms with Crippen LogP contribution in [-0.2, 0) is 9.09 Å². The fraction of sp³-hybridized carbons (Fsp3) is 0.400. The average molecular weight is 309 g/mol. The second-order valence-corrected chi connectivity index (χ2v) is 5.85. The first kappa shape index (κ1) is 16.6. The minimum absolute atomic E-state index is 0.415. The Morgan fingerprint density at radius 1 is 1.26 bits per heavy atom. The fourth-order valence-corrected chi connectivity index (χ4v) is 2.22. The van der Waals surface area contributed by atoms with Crippen molar-refractivity contribution in [2.45, 2.75) is 23.3 Å². The highest BCUT2D eigenvalue weighted by molar-refractivity contribution is 7.98. The van der Waals surface area contributed by atoms with E-state index in [-0.39, 0.29) is 0 Å². The lowest BCUT2D eigenvalue weighted by Crippen LogP contribution is -2.41. The molecule has 1 unspecified atom stereocenters. The summed E-state index contributed by atoms with van der Waals surface area (Å²) >= 11 is 1.52. The zero-order chi connectivity index (χ0) is 14.6. The smallest absolute Gasteiger partial charge is 0.387 e. The van der Waals surface area contributed by atoms with E-state index >= 15 is 0 Å². The topological polar surface area (TPSA) is 133 Å². The zero-order valence-electron chi connectivity index (χ0n) is 10.1. The highest BCUT2D eigenvalue weighted by Gasteiger charge is 2.30. The van der Waals surface area contributed by atoms with Gasteiger partial charge >= 0.3 is 7.82 Å². The van der Waals surface area contributed by atoms with E-state index in [4.69, 9.17) is 15.5 Å². The number of hydrogen-bond donors (Lipinski definition) is 5. The van der Waals surface area contributed by atoms with E-state index in [0.29, 0.717) is 5.56 Å². The molecule has 0 aliphatic carbocycles. The van der Waals surface area contributed by atoms with E-state index < -0.39 is 26.3 Å². The maximum Gasteiger partial charge on any atom is 0.471 e. The number of phosphoric ester groups is 1. The SMILES string of the molecule is CSc1ccc([C@H](O)[C@H](N)C(O)OP(=O)(O)O)cc1. The fourth-order valence-electron chi connectivity index (χ4n) is 1.39. The summed E-state index contributed by atoms with van der Waals surface area (Å²) in [4.78, 5) is 18.1. The minimum Gasteiger partial charge on any atom is -0.387 e. The van der Waals surface area contributed by atoms with Crippen LogP contribution in [0.2, 0.25) is 0 Å². The number of aliphatic hydroxyl groups is 2. The summed E-state index contributed by atoms with van der Waals surface area (Å²) in [6.07, 6.45) is -1.39. The van der Waals surface area contributed by atoms with Crippen LogP contribution >= 0.6 is 19.6 Å². The molecule has 0 saturated carbocycles. The van der Waals surface area contributed by atoms with Gasteiger partial charge in [-0.1, -0.05) is 12.1 Å². The zero-order valence-corrected chi connectivity index (χ0v) is 11.8. The van der Waals surface area contributed by atoms with Gasteiger partial charge in [-0.2, -0.15) is 0 Å². The average Bonchev–Trinajstić information content (AvgIpc) is 2.35. The molecule has 0 spiro atoms. The number of benzene rings is 1. The molecule has 0 fully saturated rings. The van der Waals surface area contributed by atoms with Gasteiger partial charge in [0.05, 0.1) is 12.1 Å². The number of hydrogen-bond acceptors (Lipinski definition) is 6. The Balaban J connectivity index is 2.74. The van der Waals surface area contributed by atoms with Crippen molar-refractivity contribution in [2.75, 3.05) is 6.26 Å². The third-order valence-corrected chi connectivity index (χ3v) is 3.63. The summed E-state index contributed by atoms with van der Waals surface area (Å²) in [5.74, 6) is 0. The van der Waals surface area contributed by atoms with Crippen molar-refractivity contribution >= 4 is 19.6 Å². The maximum absolute atomic E-state index is 10.6. The number of thioether (sulfide) groups is 1. The van der Waals surface area contributed by atoms with Crippen molar-refractivity contribution in [1.82, 2.24) is 0 Å². The van der Waals surface area contributed by atoms with Gasteiger partial charge in [0.25, 0.3) is 0 Å².